The Morgan fingerprint density at radius 2 is 2.24 bits per heavy atom. The molecular formula is C15H18O2. The lowest BCUT2D eigenvalue weighted by Gasteiger charge is -2.20. The van der Waals surface area contributed by atoms with Gasteiger partial charge in [0.15, 0.2) is 5.78 Å². The fourth-order valence-corrected chi connectivity index (χ4v) is 2.28. The van der Waals surface area contributed by atoms with E-state index in [0.717, 1.165) is 29.7 Å². The van der Waals surface area contributed by atoms with Gasteiger partial charge in [-0.3, -0.25) is 4.79 Å². The van der Waals surface area contributed by atoms with Gasteiger partial charge in [-0.2, -0.15) is 0 Å². The minimum absolute atomic E-state index is 0.298. The summed E-state index contributed by atoms with van der Waals surface area (Å²) in [6.07, 6.45) is 4.84. The number of carbonyl (C=O) groups is 1. The molecular weight excluding hydrogens is 212 g/mol. The number of carbonyl (C=O) groups excluding carboxylic acids is 1. The highest BCUT2D eigenvalue weighted by atomic mass is 16.5. The zero-order valence-electron chi connectivity index (χ0n) is 10.4. The van der Waals surface area contributed by atoms with E-state index < -0.39 is 0 Å². The summed E-state index contributed by atoms with van der Waals surface area (Å²) < 4.78 is 5.18. The Morgan fingerprint density at radius 1 is 1.41 bits per heavy atom. The van der Waals surface area contributed by atoms with Gasteiger partial charge in [-0.25, -0.2) is 0 Å². The molecule has 17 heavy (non-hydrogen) atoms. The lowest BCUT2D eigenvalue weighted by atomic mass is 9.83. The number of allylic oxidation sites excluding steroid dienone is 1. The highest BCUT2D eigenvalue weighted by molar-refractivity contribution is 6.00. The number of Topliss-reactive ketones (excluding diaryl/α,β-unsaturated/α-hetero) is 1. The van der Waals surface area contributed by atoms with E-state index in [9.17, 15) is 4.79 Å². The second kappa shape index (κ2) is 5.17. The van der Waals surface area contributed by atoms with Crippen LogP contribution in [0.5, 0.6) is 5.75 Å². The number of ketones is 1. The Balaban J connectivity index is 2.29. The maximum Gasteiger partial charge on any atom is 0.159 e. The average molecular weight is 230 g/mol. The first kappa shape index (κ1) is 11.9. The fourth-order valence-electron chi connectivity index (χ4n) is 2.28. The summed E-state index contributed by atoms with van der Waals surface area (Å²) in [5.74, 6) is 1.50. The second-order valence-corrected chi connectivity index (χ2v) is 4.59. The van der Waals surface area contributed by atoms with E-state index in [1.807, 2.05) is 30.3 Å². The van der Waals surface area contributed by atoms with Crippen molar-refractivity contribution in [1.82, 2.24) is 0 Å². The van der Waals surface area contributed by atoms with Gasteiger partial charge in [0, 0.05) is 6.42 Å². The van der Waals surface area contributed by atoms with E-state index in [2.05, 4.69) is 6.92 Å². The third-order valence-electron chi connectivity index (χ3n) is 3.31. The summed E-state index contributed by atoms with van der Waals surface area (Å²) in [5, 5.41) is 0. The number of ether oxygens (including phenoxy) is 1. The lowest BCUT2D eigenvalue weighted by molar-refractivity contribution is -0.116. The third-order valence-corrected chi connectivity index (χ3v) is 3.31. The largest absolute Gasteiger partial charge is 0.497 e. The summed E-state index contributed by atoms with van der Waals surface area (Å²) >= 11 is 0. The molecule has 1 aliphatic carbocycles. The first-order chi connectivity index (χ1) is 8.20. The quantitative estimate of drug-likeness (QED) is 0.727. The van der Waals surface area contributed by atoms with Crippen LogP contribution < -0.4 is 4.74 Å². The van der Waals surface area contributed by atoms with Crippen molar-refractivity contribution in [3.63, 3.8) is 0 Å². The first-order valence-corrected chi connectivity index (χ1v) is 6.09. The molecule has 0 bridgehead atoms. The first-order valence-electron chi connectivity index (χ1n) is 6.09. The molecule has 0 saturated heterocycles. The van der Waals surface area contributed by atoms with Crippen molar-refractivity contribution in [2.45, 2.75) is 26.2 Å². The molecule has 0 N–H and O–H groups in total. The summed E-state index contributed by atoms with van der Waals surface area (Å²) in [7, 11) is 1.65. The van der Waals surface area contributed by atoms with Crippen LogP contribution in [0.2, 0.25) is 0 Å². The maximum absolute atomic E-state index is 11.9. The summed E-state index contributed by atoms with van der Waals surface area (Å²) in [5.41, 5.74) is 2.01. The molecule has 1 aromatic carbocycles. The van der Waals surface area contributed by atoms with Crippen LogP contribution >= 0.6 is 0 Å². The van der Waals surface area contributed by atoms with Gasteiger partial charge in [0.05, 0.1) is 7.11 Å². The number of hydrogen-bond acceptors (Lipinski definition) is 2. The van der Waals surface area contributed by atoms with Crippen LogP contribution in [0, 0.1) is 5.92 Å². The Bertz CT molecular complexity index is 446. The van der Waals surface area contributed by atoms with Crippen molar-refractivity contribution in [3.05, 3.63) is 35.4 Å². The molecule has 1 atom stereocenters. The van der Waals surface area contributed by atoms with E-state index in [1.165, 1.54) is 0 Å². The second-order valence-electron chi connectivity index (χ2n) is 4.59. The standard InChI is InChI=1S/C15H18O2/c1-11-5-3-8-15(16)14(11)10-12-6-4-7-13(9-12)17-2/h4,6-7,9-11H,3,5,8H2,1-2H3/b14-10-. The Labute approximate surface area is 102 Å². The minimum atomic E-state index is 0.298. The molecule has 0 heterocycles. The predicted molar refractivity (Wildman–Crippen MR) is 69.0 cm³/mol. The van der Waals surface area contributed by atoms with Gasteiger partial charge in [0.25, 0.3) is 0 Å². The molecule has 90 valence electrons. The van der Waals surface area contributed by atoms with E-state index in [-0.39, 0.29) is 0 Å². The summed E-state index contributed by atoms with van der Waals surface area (Å²) in [4.78, 5) is 11.9. The molecule has 1 aromatic rings. The molecule has 2 rings (SSSR count). The minimum Gasteiger partial charge on any atom is -0.497 e. The van der Waals surface area contributed by atoms with Crippen molar-refractivity contribution in [3.8, 4) is 5.75 Å². The zero-order valence-corrected chi connectivity index (χ0v) is 10.4. The lowest BCUT2D eigenvalue weighted by Crippen LogP contribution is -2.16. The molecule has 2 nitrogen and oxygen atoms in total. The zero-order chi connectivity index (χ0) is 12.3. The van der Waals surface area contributed by atoms with E-state index in [4.69, 9.17) is 4.74 Å². The van der Waals surface area contributed by atoms with E-state index in [0.29, 0.717) is 18.1 Å². The molecule has 1 fully saturated rings. The van der Waals surface area contributed by atoms with Gasteiger partial charge in [-0.05, 0) is 48.1 Å². The summed E-state index contributed by atoms with van der Waals surface area (Å²) in [6.45, 7) is 2.13. The van der Waals surface area contributed by atoms with Gasteiger partial charge in [0.1, 0.15) is 5.75 Å². The maximum atomic E-state index is 11.9. The molecule has 0 spiro atoms. The van der Waals surface area contributed by atoms with Crippen LogP contribution in [0.3, 0.4) is 0 Å². The Morgan fingerprint density at radius 3 is 2.94 bits per heavy atom. The summed E-state index contributed by atoms with van der Waals surface area (Å²) in [6, 6.07) is 7.82. The van der Waals surface area contributed by atoms with Crippen LogP contribution in [0.15, 0.2) is 29.8 Å². The van der Waals surface area contributed by atoms with Gasteiger partial charge < -0.3 is 4.74 Å². The number of methoxy groups -OCH3 is 1. The molecule has 1 aliphatic rings. The van der Waals surface area contributed by atoms with Crippen LogP contribution in [0.1, 0.15) is 31.7 Å². The SMILES string of the molecule is COc1cccc(/C=C2\C(=O)CCCC2C)c1. The number of benzene rings is 1. The molecule has 0 amide bonds. The monoisotopic (exact) mass is 230 g/mol. The van der Waals surface area contributed by atoms with Crippen molar-refractivity contribution >= 4 is 11.9 Å². The topological polar surface area (TPSA) is 26.3 Å². The highest BCUT2D eigenvalue weighted by Crippen LogP contribution is 2.28. The molecule has 0 aliphatic heterocycles. The van der Waals surface area contributed by atoms with Crippen LogP contribution in [0.4, 0.5) is 0 Å². The highest BCUT2D eigenvalue weighted by Gasteiger charge is 2.21. The van der Waals surface area contributed by atoms with Gasteiger partial charge in [-0.1, -0.05) is 19.1 Å². The molecule has 1 saturated carbocycles. The molecule has 2 heteroatoms. The van der Waals surface area contributed by atoms with Crippen molar-refractivity contribution in [2.75, 3.05) is 7.11 Å². The number of hydrogen-bond donors (Lipinski definition) is 0. The molecule has 0 radical (unpaired) electrons. The van der Waals surface area contributed by atoms with Gasteiger partial charge in [0.2, 0.25) is 0 Å². The van der Waals surface area contributed by atoms with Crippen molar-refractivity contribution in [1.29, 1.82) is 0 Å². The molecule has 0 aromatic heterocycles. The third kappa shape index (κ3) is 2.76. The predicted octanol–water partition coefficient (Wildman–Crippen LogP) is 3.47. The van der Waals surface area contributed by atoms with Crippen molar-refractivity contribution in [2.24, 2.45) is 5.92 Å². The smallest absolute Gasteiger partial charge is 0.159 e. The van der Waals surface area contributed by atoms with E-state index in [1.54, 1.807) is 7.11 Å². The normalized spacial score (nSPS) is 22.8. The van der Waals surface area contributed by atoms with Gasteiger partial charge >= 0.3 is 0 Å². The van der Waals surface area contributed by atoms with E-state index >= 15 is 0 Å². The van der Waals surface area contributed by atoms with Gasteiger partial charge in [-0.15, -0.1) is 0 Å². The molecule has 1 unspecified atom stereocenters. The average Bonchev–Trinajstić information content (AvgIpc) is 2.34. The van der Waals surface area contributed by atoms with Crippen LogP contribution in [-0.2, 0) is 4.79 Å². The fraction of sp³-hybridized carbons (Fsp3) is 0.400. The number of rotatable bonds is 2. The van der Waals surface area contributed by atoms with Crippen LogP contribution in [-0.4, -0.2) is 12.9 Å². The Hall–Kier alpha value is -1.57. The Kier molecular flexibility index (Phi) is 3.62. The van der Waals surface area contributed by atoms with Crippen LogP contribution in [0.25, 0.3) is 6.08 Å². The van der Waals surface area contributed by atoms with Crippen molar-refractivity contribution < 1.29 is 9.53 Å².